The highest BCUT2D eigenvalue weighted by molar-refractivity contribution is 5.13. The molecule has 1 aromatic heterocycles. The first-order valence-electron chi connectivity index (χ1n) is 5.55. The van der Waals surface area contributed by atoms with Gasteiger partial charge in [0.05, 0.1) is 6.61 Å². The molecule has 0 atom stereocenters. The van der Waals surface area contributed by atoms with Crippen LogP contribution in [0.25, 0.3) is 0 Å². The van der Waals surface area contributed by atoms with E-state index in [0.29, 0.717) is 6.61 Å². The maximum atomic E-state index is 11.7. The van der Waals surface area contributed by atoms with Crippen molar-refractivity contribution in [1.82, 2.24) is 4.57 Å². The highest BCUT2D eigenvalue weighted by Gasteiger charge is 1.98. The lowest BCUT2D eigenvalue weighted by atomic mass is 10.2. The SMILES string of the molecule is Cc1cccn(COCc2ccccc2)c1=O. The molecule has 0 fully saturated rings. The van der Waals surface area contributed by atoms with Crippen LogP contribution in [0.4, 0.5) is 0 Å². The first-order valence-corrected chi connectivity index (χ1v) is 5.55. The lowest BCUT2D eigenvalue weighted by Gasteiger charge is -2.07. The zero-order valence-electron chi connectivity index (χ0n) is 9.80. The Bertz CT molecular complexity index is 531. The van der Waals surface area contributed by atoms with Crippen molar-refractivity contribution in [2.24, 2.45) is 0 Å². The Balaban J connectivity index is 1.95. The molecule has 0 aliphatic carbocycles. The molecule has 0 spiro atoms. The molecular formula is C14H15NO2. The van der Waals surface area contributed by atoms with Gasteiger partial charge in [0.1, 0.15) is 6.73 Å². The molecule has 0 N–H and O–H groups in total. The van der Waals surface area contributed by atoms with Gasteiger partial charge >= 0.3 is 0 Å². The molecule has 0 radical (unpaired) electrons. The molecular weight excluding hydrogens is 214 g/mol. The van der Waals surface area contributed by atoms with Crippen molar-refractivity contribution in [1.29, 1.82) is 0 Å². The van der Waals surface area contributed by atoms with E-state index in [2.05, 4.69) is 0 Å². The van der Waals surface area contributed by atoms with Gasteiger partial charge in [0.25, 0.3) is 5.56 Å². The zero-order chi connectivity index (χ0) is 12.1. The first kappa shape index (κ1) is 11.6. The average molecular weight is 229 g/mol. The van der Waals surface area contributed by atoms with Crippen molar-refractivity contribution in [3.05, 3.63) is 70.1 Å². The van der Waals surface area contributed by atoms with Crippen LogP contribution < -0.4 is 5.56 Å². The van der Waals surface area contributed by atoms with Gasteiger partial charge in [-0.1, -0.05) is 36.4 Å². The normalized spacial score (nSPS) is 10.4. The van der Waals surface area contributed by atoms with Crippen LogP contribution >= 0.6 is 0 Å². The summed E-state index contributed by atoms with van der Waals surface area (Å²) in [5.74, 6) is 0. The highest BCUT2D eigenvalue weighted by atomic mass is 16.5. The van der Waals surface area contributed by atoms with Crippen LogP contribution in [-0.4, -0.2) is 4.57 Å². The fourth-order valence-corrected chi connectivity index (χ4v) is 1.59. The van der Waals surface area contributed by atoms with Gasteiger partial charge in [0.2, 0.25) is 0 Å². The van der Waals surface area contributed by atoms with Crippen LogP contribution in [0.5, 0.6) is 0 Å². The molecule has 0 saturated carbocycles. The molecule has 3 nitrogen and oxygen atoms in total. The Labute approximate surface area is 100 Å². The fourth-order valence-electron chi connectivity index (χ4n) is 1.59. The van der Waals surface area contributed by atoms with Crippen molar-refractivity contribution in [3.63, 3.8) is 0 Å². The molecule has 3 heteroatoms. The maximum Gasteiger partial charge on any atom is 0.255 e. The Morgan fingerprint density at radius 2 is 1.88 bits per heavy atom. The van der Waals surface area contributed by atoms with E-state index in [1.165, 1.54) is 0 Å². The van der Waals surface area contributed by atoms with Crippen molar-refractivity contribution in [2.45, 2.75) is 20.3 Å². The summed E-state index contributed by atoms with van der Waals surface area (Å²) in [4.78, 5) is 11.7. The maximum absolute atomic E-state index is 11.7. The third-order valence-electron chi connectivity index (χ3n) is 2.55. The molecule has 0 bridgehead atoms. The minimum Gasteiger partial charge on any atom is -0.356 e. The number of ether oxygens (including phenoxy) is 1. The van der Waals surface area contributed by atoms with E-state index >= 15 is 0 Å². The van der Waals surface area contributed by atoms with Gasteiger partial charge in [-0.05, 0) is 18.6 Å². The summed E-state index contributed by atoms with van der Waals surface area (Å²) in [6, 6.07) is 13.6. The Morgan fingerprint density at radius 1 is 1.12 bits per heavy atom. The van der Waals surface area contributed by atoms with Gasteiger partial charge in [0, 0.05) is 11.8 Å². The number of aryl methyl sites for hydroxylation is 1. The lowest BCUT2D eigenvalue weighted by molar-refractivity contribution is 0.0616. The standard InChI is InChI=1S/C14H15NO2/c1-12-6-5-9-15(14(12)16)11-17-10-13-7-3-2-4-8-13/h2-9H,10-11H2,1H3. The summed E-state index contributed by atoms with van der Waals surface area (Å²) in [6.45, 7) is 2.60. The largest absolute Gasteiger partial charge is 0.356 e. The van der Waals surface area contributed by atoms with Gasteiger partial charge in [-0.25, -0.2) is 0 Å². The van der Waals surface area contributed by atoms with E-state index < -0.39 is 0 Å². The molecule has 0 saturated heterocycles. The van der Waals surface area contributed by atoms with Crippen molar-refractivity contribution >= 4 is 0 Å². The molecule has 1 heterocycles. The lowest BCUT2D eigenvalue weighted by Crippen LogP contribution is -2.22. The minimum atomic E-state index is 0.000520. The Hall–Kier alpha value is -1.87. The molecule has 0 amide bonds. The molecule has 2 aromatic rings. The average Bonchev–Trinajstić information content (AvgIpc) is 2.36. The molecule has 88 valence electrons. The van der Waals surface area contributed by atoms with E-state index in [-0.39, 0.29) is 12.3 Å². The van der Waals surface area contributed by atoms with Gasteiger partial charge in [-0.15, -0.1) is 0 Å². The van der Waals surface area contributed by atoms with Crippen molar-refractivity contribution in [3.8, 4) is 0 Å². The summed E-state index contributed by atoms with van der Waals surface area (Å²) in [5, 5.41) is 0. The summed E-state index contributed by atoms with van der Waals surface area (Å²) in [6.07, 6.45) is 1.74. The van der Waals surface area contributed by atoms with Crippen molar-refractivity contribution in [2.75, 3.05) is 0 Å². The van der Waals surface area contributed by atoms with Crippen LogP contribution in [0, 0.1) is 6.92 Å². The number of hydrogen-bond donors (Lipinski definition) is 0. The quantitative estimate of drug-likeness (QED) is 0.805. The van der Waals surface area contributed by atoms with Crippen molar-refractivity contribution < 1.29 is 4.74 Å². The van der Waals surface area contributed by atoms with Gasteiger partial charge in [-0.3, -0.25) is 9.36 Å². The van der Waals surface area contributed by atoms with Crippen LogP contribution in [-0.2, 0) is 18.1 Å². The number of aromatic nitrogens is 1. The summed E-state index contributed by atoms with van der Waals surface area (Å²) >= 11 is 0. The van der Waals surface area contributed by atoms with Crippen LogP contribution in [0.1, 0.15) is 11.1 Å². The molecule has 17 heavy (non-hydrogen) atoms. The van der Waals surface area contributed by atoms with E-state index in [9.17, 15) is 4.79 Å². The molecule has 0 aliphatic heterocycles. The monoisotopic (exact) mass is 229 g/mol. The third kappa shape index (κ3) is 3.04. The number of rotatable bonds is 4. The van der Waals surface area contributed by atoms with Crippen LogP contribution in [0.2, 0.25) is 0 Å². The smallest absolute Gasteiger partial charge is 0.255 e. The minimum absolute atomic E-state index is 0.000520. The molecule has 2 rings (SSSR count). The van der Waals surface area contributed by atoms with E-state index in [4.69, 9.17) is 4.74 Å². The number of hydrogen-bond acceptors (Lipinski definition) is 2. The van der Waals surface area contributed by atoms with E-state index in [0.717, 1.165) is 11.1 Å². The molecule has 0 unspecified atom stereocenters. The molecule has 0 aliphatic rings. The van der Waals surface area contributed by atoms with Crippen LogP contribution in [0.3, 0.4) is 0 Å². The second kappa shape index (κ2) is 5.46. The highest BCUT2D eigenvalue weighted by Crippen LogP contribution is 2.01. The zero-order valence-corrected chi connectivity index (χ0v) is 9.80. The van der Waals surface area contributed by atoms with Crippen LogP contribution in [0.15, 0.2) is 53.5 Å². The molecule has 1 aromatic carbocycles. The van der Waals surface area contributed by atoms with E-state index in [1.807, 2.05) is 36.4 Å². The first-order chi connectivity index (χ1) is 8.27. The topological polar surface area (TPSA) is 31.2 Å². The fraction of sp³-hybridized carbons (Fsp3) is 0.214. The Kier molecular flexibility index (Phi) is 3.73. The number of benzene rings is 1. The predicted molar refractivity (Wildman–Crippen MR) is 66.7 cm³/mol. The summed E-state index contributed by atoms with van der Waals surface area (Å²) in [7, 11) is 0. The van der Waals surface area contributed by atoms with E-state index in [1.54, 1.807) is 23.8 Å². The Morgan fingerprint density at radius 3 is 2.65 bits per heavy atom. The third-order valence-corrected chi connectivity index (χ3v) is 2.55. The second-order valence-corrected chi connectivity index (χ2v) is 3.93. The second-order valence-electron chi connectivity index (χ2n) is 3.93. The summed E-state index contributed by atoms with van der Waals surface area (Å²) in [5.41, 5.74) is 1.84. The number of pyridine rings is 1. The predicted octanol–water partition coefficient (Wildman–Crippen LogP) is 2.33. The van der Waals surface area contributed by atoms with Gasteiger partial charge < -0.3 is 4.74 Å². The van der Waals surface area contributed by atoms with Gasteiger partial charge in [-0.2, -0.15) is 0 Å². The summed E-state index contributed by atoms with van der Waals surface area (Å²) < 4.78 is 7.07. The van der Waals surface area contributed by atoms with Gasteiger partial charge in [0.15, 0.2) is 0 Å². The number of nitrogens with zero attached hydrogens (tertiary/aromatic N) is 1.